The number of H-pyrrole nitrogens is 1. The van der Waals surface area contributed by atoms with Crippen molar-refractivity contribution in [2.75, 3.05) is 6.54 Å². The summed E-state index contributed by atoms with van der Waals surface area (Å²) in [5, 5.41) is 30.9. The van der Waals surface area contributed by atoms with Crippen molar-refractivity contribution in [1.29, 1.82) is 0 Å². The number of ketones is 1. The fourth-order valence-corrected chi connectivity index (χ4v) is 5.50. The molecule has 0 bridgehead atoms. The molecule has 1 aliphatic heterocycles. The van der Waals surface area contributed by atoms with Gasteiger partial charge in [-0.15, -0.1) is 5.10 Å². The van der Waals surface area contributed by atoms with Crippen LogP contribution in [0.25, 0.3) is 0 Å². The maximum Gasteiger partial charge on any atom is 0.299 e. The number of primary amides is 1. The zero-order valence-electron chi connectivity index (χ0n) is 23.8. The molecule has 4 amide bonds. The lowest BCUT2D eigenvalue weighted by atomic mass is 9.85. The number of carbonyl (C=O) groups excluding carboxylic acids is 5. The summed E-state index contributed by atoms with van der Waals surface area (Å²) < 4.78 is 1.46. The second-order valence-electron chi connectivity index (χ2n) is 11.4. The van der Waals surface area contributed by atoms with Crippen molar-refractivity contribution in [1.82, 2.24) is 40.6 Å². The molecule has 2 aliphatic rings. The minimum absolute atomic E-state index is 0.0177. The molecule has 2 aromatic heterocycles. The van der Waals surface area contributed by atoms with E-state index in [0.717, 1.165) is 32.1 Å². The van der Waals surface area contributed by atoms with Gasteiger partial charge in [0.25, 0.3) is 17.7 Å². The number of aliphatic hydroxyl groups is 1. The number of nitrogens with zero attached hydrogens (tertiary/aromatic N) is 7. The SMILES string of the molecule is CC(NC(=O)[C@@H]1C[C@H](n2nncc2C(C)(C)O)CN1C(=O)C(CC1CCCCC1)=NC(=O)c1cn[nH]n1)C(=O)C(N)=O. The van der Waals surface area contributed by atoms with Gasteiger partial charge in [0.15, 0.2) is 5.69 Å². The van der Waals surface area contributed by atoms with E-state index in [1.54, 1.807) is 13.8 Å². The van der Waals surface area contributed by atoms with Gasteiger partial charge >= 0.3 is 0 Å². The zero-order chi connectivity index (χ0) is 30.6. The molecule has 3 heterocycles. The van der Waals surface area contributed by atoms with Crippen LogP contribution < -0.4 is 11.1 Å². The molecule has 16 nitrogen and oxygen atoms in total. The van der Waals surface area contributed by atoms with E-state index in [-0.39, 0.29) is 36.7 Å². The Labute approximate surface area is 241 Å². The van der Waals surface area contributed by atoms with E-state index in [4.69, 9.17) is 5.73 Å². The number of hydrogen-bond donors (Lipinski definition) is 4. The smallest absolute Gasteiger partial charge is 0.299 e. The predicted molar refractivity (Wildman–Crippen MR) is 146 cm³/mol. The fraction of sp³-hybridized carbons (Fsp3) is 0.615. The standard InChI is InChI=1S/C26H36N10O6/c1-14(21(37)22(27)38)30-24(40)19-10-16(36-20(12-29-34-36)26(2,3)42)13-35(19)25(41)17(9-15-7-5-4-6-8-15)31-23(39)18-11-28-33-32-18/h11-12,14-16,19,42H,4-10,13H2,1-3H3,(H2,27,38)(H,30,40)(H,28,32,33)/t14?,16-,19-/m0/s1. The molecule has 4 rings (SSSR count). The van der Waals surface area contributed by atoms with Gasteiger partial charge in [-0.2, -0.15) is 15.4 Å². The Morgan fingerprint density at radius 3 is 2.52 bits per heavy atom. The zero-order valence-corrected chi connectivity index (χ0v) is 23.8. The quantitative estimate of drug-likeness (QED) is 0.208. The maximum absolute atomic E-state index is 14.1. The third-order valence-electron chi connectivity index (χ3n) is 7.71. The fourth-order valence-electron chi connectivity index (χ4n) is 5.50. The van der Waals surface area contributed by atoms with Crippen molar-refractivity contribution in [3.63, 3.8) is 0 Å². The molecule has 1 saturated carbocycles. The minimum atomic E-state index is -1.32. The number of nitrogens with one attached hydrogen (secondary N) is 2. The van der Waals surface area contributed by atoms with Crippen molar-refractivity contribution < 1.29 is 29.1 Å². The number of likely N-dealkylation sites (tertiary alicyclic amines) is 1. The van der Waals surface area contributed by atoms with Gasteiger partial charge in [0.1, 0.15) is 17.4 Å². The largest absolute Gasteiger partial charge is 0.384 e. The summed E-state index contributed by atoms with van der Waals surface area (Å²) in [5.41, 5.74) is 4.07. The van der Waals surface area contributed by atoms with Gasteiger partial charge in [0.05, 0.1) is 30.2 Å². The first-order valence-electron chi connectivity index (χ1n) is 13.9. The number of rotatable bonds is 10. The van der Waals surface area contributed by atoms with Gasteiger partial charge in [-0.3, -0.25) is 24.0 Å². The van der Waals surface area contributed by atoms with Gasteiger partial charge in [-0.05, 0) is 33.1 Å². The molecule has 1 saturated heterocycles. The van der Waals surface area contributed by atoms with Gasteiger partial charge < -0.3 is 21.1 Å². The van der Waals surface area contributed by atoms with Crippen molar-refractivity contribution >= 4 is 35.1 Å². The van der Waals surface area contributed by atoms with E-state index in [1.165, 1.54) is 28.9 Å². The van der Waals surface area contributed by atoms with E-state index in [2.05, 4.69) is 36.0 Å². The van der Waals surface area contributed by atoms with E-state index in [9.17, 15) is 29.1 Å². The van der Waals surface area contributed by atoms with E-state index < -0.39 is 53.1 Å². The molecule has 0 spiro atoms. The highest BCUT2D eigenvalue weighted by Crippen LogP contribution is 2.33. The Kier molecular flexibility index (Phi) is 9.23. The molecule has 16 heteroatoms. The van der Waals surface area contributed by atoms with Crippen molar-refractivity contribution in [3.8, 4) is 0 Å². The molecular formula is C26H36N10O6. The molecule has 0 radical (unpaired) electrons. The Bertz CT molecular complexity index is 1360. The number of aromatic amines is 1. The van der Waals surface area contributed by atoms with Crippen LogP contribution in [-0.2, 0) is 24.8 Å². The highest BCUT2D eigenvalue weighted by Gasteiger charge is 2.44. The van der Waals surface area contributed by atoms with Gasteiger partial charge in [-0.25, -0.2) is 9.67 Å². The van der Waals surface area contributed by atoms with E-state index >= 15 is 0 Å². The Hall–Kier alpha value is -4.34. The summed E-state index contributed by atoms with van der Waals surface area (Å²) in [6, 6.07) is -2.94. The average molecular weight is 585 g/mol. The first-order valence-corrected chi connectivity index (χ1v) is 13.9. The van der Waals surface area contributed by atoms with E-state index in [1.807, 2.05) is 0 Å². The average Bonchev–Trinajstić information content (AvgIpc) is 3.72. The third-order valence-corrected chi connectivity index (χ3v) is 7.71. The van der Waals surface area contributed by atoms with Crippen LogP contribution in [0.1, 0.15) is 87.9 Å². The summed E-state index contributed by atoms with van der Waals surface area (Å²) in [5.74, 6) is -4.14. The number of hydrogen-bond acceptors (Lipinski definition) is 10. The molecule has 3 atom stereocenters. The normalized spacial score (nSPS) is 20.8. The summed E-state index contributed by atoms with van der Waals surface area (Å²) in [4.78, 5) is 69.4. The van der Waals surface area contributed by atoms with Crippen LogP contribution in [0.15, 0.2) is 17.4 Å². The van der Waals surface area contributed by atoms with Crippen LogP contribution in [0.5, 0.6) is 0 Å². The second kappa shape index (κ2) is 12.7. The third kappa shape index (κ3) is 6.92. The molecule has 42 heavy (non-hydrogen) atoms. The summed E-state index contributed by atoms with van der Waals surface area (Å²) >= 11 is 0. The minimum Gasteiger partial charge on any atom is -0.384 e. The number of carbonyl (C=O) groups is 5. The Morgan fingerprint density at radius 1 is 1.19 bits per heavy atom. The number of nitrogens with two attached hydrogens (primary N) is 1. The predicted octanol–water partition coefficient (Wildman–Crippen LogP) is -0.423. The monoisotopic (exact) mass is 584 g/mol. The van der Waals surface area contributed by atoms with Crippen LogP contribution in [0.3, 0.4) is 0 Å². The van der Waals surface area contributed by atoms with E-state index in [0.29, 0.717) is 5.69 Å². The topological polar surface area (TPSA) is 232 Å². The number of Topliss-reactive ketones (excluding diaryl/α,β-unsaturated/α-hetero) is 1. The lowest BCUT2D eigenvalue weighted by Crippen LogP contribution is -2.52. The highest BCUT2D eigenvalue weighted by atomic mass is 16.3. The second-order valence-corrected chi connectivity index (χ2v) is 11.4. The van der Waals surface area contributed by atoms with Gasteiger partial charge in [-0.1, -0.05) is 37.3 Å². The number of aliphatic imine (C=N–C) groups is 1. The van der Waals surface area contributed by atoms with Crippen molar-refractivity contribution in [2.45, 2.75) is 89.4 Å². The molecule has 2 fully saturated rings. The molecule has 5 N–H and O–H groups in total. The van der Waals surface area contributed by atoms with Crippen LogP contribution in [0.4, 0.5) is 0 Å². The number of aromatic nitrogens is 6. The lowest BCUT2D eigenvalue weighted by molar-refractivity contribution is -0.139. The first kappa shape index (κ1) is 30.6. The van der Waals surface area contributed by atoms with Gasteiger partial charge in [0, 0.05) is 13.0 Å². The summed E-state index contributed by atoms with van der Waals surface area (Å²) in [7, 11) is 0. The Morgan fingerprint density at radius 2 is 1.90 bits per heavy atom. The summed E-state index contributed by atoms with van der Waals surface area (Å²) in [6.07, 6.45) is 7.72. The Balaban J connectivity index is 1.68. The molecule has 0 aromatic carbocycles. The first-order chi connectivity index (χ1) is 19.9. The van der Waals surface area contributed by atoms with Crippen LogP contribution in [0.2, 0.25) is 0 Å². The highest BCUT2D eigenvalue weighted by molar-refractivity contribution is 6.41. The van der Waals surface area contributed by atoms with Crippen molar-refractivity contribution in [3.05, 3.63) is 23.8 Å². The van der Waals surface area contributed by atoms with Crippen molar-refractivity contribution in [2.24, 2.45) is 16.6 Å². The molecule has 1 aliphatic carbocycles. The van der Waals surface area contributed by atoms with Crippen LogP contribution >= 0.6 is 0 Å². The van der Waals surface area contributed by atoms with Crippen LogP contribution in [-0.4, -0.2) is 94.2 Å². The maximum atomic E-state index is 14.1. The summed E-state index contributed by atoms with van der Waals surface area (Å²) in [6.45, 7) is 4.42. The molecule has 226 valence electrons. The lowest BCUT2D eigenvalue weighted by Gasteiger charge is -2.27. The molecule has 1 unspecified atom stereocenters. The van der Waals surface area contributed by atoms with Gasteiger partial charge in [0.2, 0.25) is 11.7 Å². The van der Waals surface area contributed by atoms with Crippen LogP contribution in [0, 0.1) is 5.92 Å². The number of amides is 4. The molecular weight excluding hydrogens is 548 g/mol. The molecule has 2 aromatic rings.